The van der Waals surface area contributed by atoms with Crippen LogP contribution in [0, 0.1) is 0 Å². The number of hydrogen-bond acceptors (Lipinski definition) is 10. The number of ether oxygens (including phenoxy) is 4. The highest BCUT2D eigenvalue weighted by Gasteiger charge is 2.48. The van der Waals surface area contributed by atoms with Crippen LogP contribution < -0.4 is 18.9 Å². The maximum Gasteiger partial charge on any atom is 0.277 e. The van der Waals surface area contributed by atoms with Gasteiger partial charge in [-0.05, 0) is 29.8 Å². The molecule has 5 N–H and O–H groups in total. The Labute approximate surface area is 199 Å². The maximum atomic E-state index is 12.8. The van der Waals surface area contributed by atoms with Crippen LogP contribution in [0.4, 0.5) is 0 Å². The quantitative estimate of drug-likeness (QED) is 0.365. The zero-order chi connectivity index (χ0) is 24.9. The van der Waals surface area contributed by atoms with Crippen molar-refractivity contribution in [1.82, 2.24) is 0 Å². The highest BCUT2D eigenvalue weighted by atomic mass is 16.6. The van der Waals surface area contributed by atoms with Crippen LogP contribution in [-0.2, 0) is 6.42 Å². The van der Waals surface area contributed by atoms with Crippen molar-refractivity contribution in [2.45, 2.75) is 24.4 Å². The number of fused-ring (bicyclic) bond motifs is 2. The van der Waals surface area contributed by atoms with Crippen LogP contribution in [0.25, 0.3) is 0 Å². The summed E-state index contributed by atoms with van der Waals surface area (Å²) >= 11 is 0. The van der Waals surface area contributed by atoms with E-state index in [0.717, 1.165) is 12.1 Å². The Morgan fingerprint density at radius 1 is 0.943 bits per heavy atom. The van der Waals surface area contributed by atoms with Gasteiger partial charge in [0.2, 0.25) is 5.78 Å². The number of Topliss-reactive ketones (excluding diaryl/α,β-unsaturated/α-hetero) is 1. The lowest BCUT2D eigenvalue weighted by Gasteiger charge is -2.34. The van der Waals surface area contributed by atoms with E-state index in [9.17, 15) is 30.3 Å². The smallest absolute Gasteiger partial charge is 0.277 e. The second kappa shape index (κ2) is 8.26. The Bertz CT molecular complexity index is 1320. The molecule has 2 heterocycles. The largest absolute Gasteiger partial charge is 0.508 e. The van der Waals surface area contributed by atoms with Crippen molar-refractivity contribution in [2.75, 3.05) is 13.7 Å². The molecule has 0 aromatic heterocycles. The molecule has 0 radical (unpaired) electrons. The first-order chi connectivity index (χ1) is 16.7. The minimum Gasteiger partial charge on any atom is -0.508 e. The summed E-state index contributed by atoms with van der Waals surface area (Å²) in [7, 11) is 1.42. The summed E-state index contributed by atoms with van der Waals surface area (Å²) in [6, 6.07) is 11.5. The second-order valence-electron chi connectivity index (χ2n) is 8.32. The van der Waals surface area contributed by atoms with Gasteiger partial charge in [-0.25, -0.2) is 0 Å². The molecule has 5 rings (SSSR count). The maximum absolute atomic E-state index is 12.8. The number of aliphatic hydroxyl groups is 2. The number of hydrogen-bond donors (Lipinski definition) is 5. The zero-order valence-corrected chi connectivity index (χ0v) is 18.5. The molecule has 0 bridgehead atoms. The van der Waals surface area contributed by atoms with Gasteiger partial charge in [0.15, 0.2) is 35.2 Å². The SMILES string of the molecule is COc1cc(C2Oc3cc(CC4(O)Oc5cc(O)cc(O)c5C4=O)ccc3OC2CO)ccc1O. The van der Waals surface area contributed by atoms with Gasteiger partial charge < -0.3 is 44.5 Å². The number of carbonyl (C=O) groups excluding carboxylic acids is 1. The van der Waals surface area contributed by atoms with Crippen LogP contribution in [0.1, 0.15) is 27.6 Å². The molecule has 2 aliphatic rings. The summed E-state index contributed by atoms with van der Waals surface area (Å²) in [4.78, 5) is 12.8. The van der Waals surface area contributed by atoms with Crippen molar-refractivity contribution in [3.63, 3.8) is 0 Å². The van der Waals surface area contributed by atoms with E-state index in [1.807, 2.05) is 0 Å². The summed E-state index contributed by atoms with van der Waals surface area (Å²) in [5.74, 6) is -3.23. The molecular weight excluding hydrogens is 460 g/mol. The Morgan fingerprint density at radius 2 is 1.74 bits per heavy atom. The van der Waals surface area contributed by atoms with Crippen LogP contribution in [0.3, 0.4) is 0 Å². The van der Waals surface area contributed by atoms with Gasteiger partial charge in [0.1, 0.15) is 22.8 Å². The lowest BCUT2D eigenvalue weighted by atomic mass is 9.97. The number of benzene rings is 3. The summed E-state index contributed by atoms with van der Waals surface area (Å²) in [5.41, 5.74) is 0.840. The molecule has 3 aromatic rings. The standard InChI is InChI=1S/C25H22O10/c1-32-18-7-13(3-4-15(18)28)23-21(11-26)33-17-5-2-12(6-19(17)34-23)10-25(31)24(30)22-16(29)8-14(27)9-20(22)35-25/h2-9,21,23,26-29,31H,10-11H2,1H3. The molecular formula is C25H22O10. The van der Waals surface area contributed by atoms with E-state index in [1.54, 1.807) is 30.3 Å². The van der Waals surface area contributed by atoms with Crippen LogP contribution in [0.5, 0.6) is 40.2 Å². The van der Waals surface area contributed by atoms with Crippen molar-refractivity contribution < 1.29 is 49.3 Å². The van der Waals surface area contributed by atoms with Crippen LogP contribution in [-0.4, -0.2) is 56.9 Å². The Morgan fingerprint density at radius 3 is 2.49 bits per heavy atom. The van der Waals surface area contributed by atoms with Crippen molar-refractivity contribution in [3.05, 3.63) is 65.2 Å². The van der Waals surface area contributed by atoms with E-state index in [4.69, 9.17) is 18.9 Å². The minimum atomic E-state index is -2.30. The third-order valence-electron chi connectivity index (χ3n) is 5.96. The fourth-order valence-electron chi connectivity index (χ4n) is 4.29. The monoisotopic (exact) mass is 482 g/mol. The van der Waals surface area contributed by atoms with Gasteiger partial charge in [-0.15, -0.1) is 0 Å². The van der Waals surface area contributed by atoms with Crippen molar-refractivity contribution in [2.24, 2.45) is 0 Å². The van der Waals surface area contributed by atoms with Gasteiger partial charge in [0.25, 0.3) is 5.79 Å². The molecule has 0 aliphatic carbocycles. The fraction of sp³-hybridized carbons (Fsp3) is 0.240. The summed E-state index contributed by atoms with van der Waals surface area (Å²) in [6.45, 7) is -0.342. The van der Waals surface area contributed by atoms with Crippen LogP contribution in [0.2, 0.25) is 0 Å². The average molecular weight is 482 g/mol. The molecule has 0 amide bonds. The van der Waals surface area contributed by atoms with Crippen LogP contribution in [0.15, 0.2) is 48.5 Å². The number of phenolic OH excluding ortho intramolecular Hbond substituents is 3. The Hall–Kier alpha value is -4.15. The lowest BCUT2D eigenvalue weighted by Crippen LogP contribution is -2.42. The molecule has 0 spiro atoms. The van der Waals surface area contributed by atoms with E-state index >= 15 is 0 Å². The normalized spacial score (nSPS) is 22.4. The van der Waals surface area contributed by atoms with E-state index in [0.29, 0.717) is 22.6 Å². The van der Waals surface area contributed by atoms with E-state index in [2.05, 4.69) is 0 Å². The third kappa shape index (κ3) is 3.82. The average Bonchev–Trinajstić information content (AvgIpc) is 3.07. The molecule has 10 nitrogen and oxygen atoms in total. The minimum absolute atomic E-state index is 0.0500. The number of ketones is 1. The molecule has 182 valence electrons. The Balaban J connectivity index is 1.43. The molecule has 35 heavy (non-hydrogen) atoms. The number of rotatable bonds is 5. The predicted octanol–water partition coefficient (Wildman–Crippen LogP) is 2.19. The fourth-order valence-corrected chi connectivity index (χ4v) is 4.29. The van der Waals surface area contributed by atoms with Gasteiger partial charge >= 0.3 is 0 Å². The number of aromatic hydroxyl groups is 3. The first-order valence-electron chi connectivity index (χ1n) is 10.7. The van der Waals surface area contributed by atoms with Gasteiger partial charge in [-0.2, -0.15) is 0 Å². The highest BCUT2D eigenvalue weighted by molar-refractivity contribution is 6.08. The molecule has 3 aromatic carbocycles. The number of aliphatic hydroxyl groups excluding tert-OH is 1. The number of phenols is 3. The molecule has 0 saturated heterocycles. The number of methoxy groups -OCH3 is 1. The van der Waals surface area contributed by atoms with E-state index in [-0.39, 0.29) is 41.6 Å². The summed E-state index contributed by atoms with van der Waals surface area (Å²) in [5, 5.41) is 50.4. The third-order valence-corrected chi connectivity index (χ3v) is 5.96. The van der Waals surface area contributed by atoms with E-state index in [1.165, 1.54) is 13.2 Å². The summed E-state index contributed by atoms with van der Waals surface area (Å²) in [6.07, 6.45) is -1.76. The van der Waals surface area contributed by atoms with Crippen molar-refractivity contribution >= 4 is 5.78 Å². The second-order valence-corrected chi connectivity index (χ2v) is 8.32. The first-order valence-corrected chi connectivity index (χ1v) is 10.7. The highest BCUT2D eigenvalue weighted by Crippen LogP contribution is 2.45. The predicted molar refractivity (Wildman–Crippen MR) is 119 cm³/mol. The van der Waals surface area contributed by atoms with Crippen molar-refractivity contribution in [1.29, 1.82) is 0 Å². The molecule has 3 unspecified atom stereocenters. The van der Waals surface area contributed by atoms with Crippen molar-refractivity contribution in [3.8, 4) is 40.2 Å². The summed E-state index contributed by atoms with van der Waals surface area (Å²) < 4.78 is 22.6. The van der Waals surface area contributed by atoms with Gasteiger partial charge in [-0.1, -0.05) is 12.1 Å². The molecule has 0 saturated carbocycles. The molecule has 2 aliphatic heterocycles. The molecule has 10 heteroatoms. The first kappa shape index (κ1) is 22.6. The Kier molecular flexibility index (Phi) is 5.34. The molecule has 3 atom stereocenters. The van der Waals surface area contributed by atoms with Gasteiger partial charge in [0.05, 0.1) is 13.7 Å². The number of carbonyl (C=O) groups is 1. The molecule has 0 fully saturated rings. The van der Waals surface area contributed by atoms with Crippen LogP contribution >= 0.6 is 0 Å². The topological polar surface area (TPSA) is 155 Å². The van der Waals surface area contributed by atoms with Gasteiger partial charge in [0, 0.05) is 24.1 Å². The zero-order valence-electron chi connectivity index (χ0n) is 18.5. The van der Waals surface area contributed by atoms with E-state index < -0.39 is 29.5 Å². The lowest BCUT2D eigenvalue weighted by molar-refractivity contribution is -0.0889. The van der Waals surface area contributed by atoms with Gasteiger partial charge in [-0.3, -0.25) is 4.79 Å².